The van der Waals surface area contributed by atoms with Crippen molar-refractivity contribution in [3.63, 3.8) is 0 Å². The Hall–Kier alpha value is -3.13. The Morgan fingerprint density at radius 1 is 1.18 bits per heavy atom. The number of carbonyl (C=O) groups excluding carboxylic acids is 1. The molecule has 3 aromatic rings. The second kappa shape index (κ2) is 7.85. The van der Waals surface area contributed by atoms with Gasteiger partial charge in [-0.05, 0) is 68.4 Å². The lowest BCUT2D eigenvalue weighted by Gasteiger charge is -2.10. The zero-order valence-electron chi connectivity index (χ0n) is 16.3. The molecule has 0 spiro atoms. The number of aryl methyl sites for hydroxylation is 3. The number of nitrogens with two attached hydrogens (primary N) is 1. The first-order valence-corrected chi connectivity index (χ1v) is 9.18. The molecule has 28 heavy (non-hydrogen) atoms. The first-order chi connectivity index (χ1) is 13.3. The molecule has 0 bridgehead atoms. The SMILES string of the molecule is COc1ccc(Nn2c(N)nn(CC(=O)c3c(C)cc(C)cc3C)c2=S)cc1. The van der Waals surface area contributed by atoms with Gasteiger partial charge in [0.1, 0.15) is 12.3 Å². The van der Waals surface area contributed by atoms with Crippen LogP contribution in [-0.2, 0) is 6.54 Å². The Labute approximate surface area is 168 Å². The Bertz CT molecular complexity index is 1060. The van der Waals surface area contributed by atoms with Gasteiger partial charge in [0.15, 0.2) is 5.78 Å². The quantitative estimate of drug-likeness (QED) is 0.487. The minimum absolute atomic E-state index is 0.0189. The maximum Gasteiger partial charge on any atom is 0.240 e. The van der Waals surface area contributed by atoms with Crippen LogP contribution in [0.5, 0.6) is 5.75 Å². The van der Waals surface area contributed by atoms with Crippen LogP contribution in [0.25, 0.3) is 0 Å². The number of nitrogens with zero attached hydrogens (tertiary/aromatic N) is 3. The van der Waals surface area contributed by atoms with Crippen LogP contribution in [0.1, 0.15) is 27.0 Å². The molecule has 1 heterocycles. The van der Waals surface area contributed by atoms with E-state index in [9.17, 15) is 4.79 Å². The van der Waals surface area contributed by atoms with Crippen LogP contribution in [0.3, 0.4) is 0 Å². The van der Waals surface area contributed by atoms with Crippen LogP contribution in [0.4, 0.5) is 11.6 Å². The van der Waals surface area contributed by atoms with E-state index in [1.807, 2.05) is 57.2 Å². The van der Waals surface area contributed by atoms with Gasteiger partial charge in [-0.3, -0.25) is 10.2 Å². The number of benzene rings is 2. The molecular weight excluding hydrogens is 374 g/mol. The summed E-state index contributed by atoms with van der Waals surface area (Å²) in [6, 6.07) is 11.3. The minimum Gasteiger partial charge on any atom is -0.497 e. The van der Waals surface area contributed by atoms with E-state index in [2.05, 4.69) is 10.5 Å². The number of carbonyl (C=O) groups is 1. The van der Waals surface area contributed by atoms with Gasteiger partial charge in [0, 0.05) is 5.56 Å². The van der Waals surface area contributed by atoms with Crippen LogP contribution < -0.4 is 15.9 Å². The molecule has 3 rings (SSSR count). The number of ether oxygens (including phenoxy) is 1. The van der Waals surface area contributed by atoms with Crippen molar-refractivity contribution in [1.29, 1.82) is 0 Å². The molecular formula is C20H23N5O2S. The van der Waals surface area contributed by atoms with Crippen LogP contribution in [0.15, 0.2) is 36.4 Å². The first kappa shape index (κ1) is 19.6. The Morgan fingerprint density at radius 3 is 2.36 bits per heavy atom. The van der Waals surface area contributed by atoms with Gasteiger partial charge in [-0.1, -0.05) is 17.7 Å². The standard InChI is InChI=1S/C20H23N5O2S/c1-12-9-13(2)18(14(3)10-12)17(26)11-24-20(28)25(19(21)23-24)22-15-5-7-16(27-4)8-6-15/h5-10,22H,11H2,1-4H3,(H2,21,23). The summed E-state index contributed by atoms with van der Waals surface area (Å²) in [5.41, 5.74) is 13.6. The van der Waals surface area contributed by atoms with Crippen LogP contribution >= 0.6 is 12.2 Å². The number of Topliss-reactive ketones (excluding diaryl/α,β-unsaturated/α-hetero) is 1. The highest BCUT2D eigenvalue weighted by atomic mass is 32.1. The molecule has 0 saturated heterocycles. The van der Waals surface area contributed by atoms with Gasteiger partial charge in [-0.25, -0.2) is 4.68 Å². The fourth-order valence-corrected chi connectivity index (χ4v) is 3.51. The fraction of sp³-hybridized carbons (Fsp3) is 0.250. The molecule has 8 heteroatoms. The summed E-state index contributed by atoms with van der Waals surface area (Å²) < 4.78 is 8.36. The lowest BCUT2D eigenvalue weighted by molar-refractivity contribution is 0.0966. The highest BCUT2D eigenvalue weighted by Gasteiger charge is 2.16. The van der Waals surface area contributed by atoms with Crippen molar-refractivity contribution in [2.45, 2.75) is 27.3 Å². The molecule has 0 radical (unpaired) electrons. The molecule has 146 valence electrons. The molecule has 2 aromatic carbocycles. The number of rotatable bonds is 6. The van der Waals surface area contributed by atoms with Crippen molar-refractivity contribution >= 4 is 29.6 Å². The Balaban J connectivity index is 1.85. The van der Waals surface area contributed by atoms with Gasteiger partial charge >= 0.3 is 0 Å². The van der Waals surface area contributed by atoms with Gasteiger partial charge in [0.25, 0.3) is 0 Å². The number of nitrogens with one attached hydrogen (secondary N) is 1. The van der Waals surface area contributed by atoms with Crippen molar-refractivity contribution in [2.24, 2.45) is 0 Å². The summed E-state index contributed by atoms with van der Waals surface area (Å²) in [5, 5.41) is 4.23. The molecule has 0 saturated carbocycles. The molecule has 0 fully saturated rings. The van der Waals surface area contributed by atoms with Crippen LogP contribution in [-0.4, -0.2) is 27.3 Å². The number of hydrogen-bond donors (Lipinski definition) is 2. The zero-order chi connectivity index (χ0) is 20.4. The number of anilines is 2. The van der Waals surface area contributed by atoms with E-state index in [0.717, 1.165) is 28.1 Å². The maximum absolute atomic E-state index is 12.9. The highest BCUT2D eigenvalue weighted by molar-refractivity contribution is 7.71. The van der Waals surface area contributed by atoms with Crippen molar-refractivity contribution in [3.05, 3.63) is 63.4 Å². The van der Waals surface area contributed by atoms with Crippen molar-refractivity contribution < 1.29 is 9.53 Å². The fourth-order valence-electron chi connectivity index (χ4n) is 3.26. The predicted molar refractivity (Wildman–Crippen MR) is 112 cm³/mol. The summed E-state index contributed by atoms with van der Waals surface area (Å²) in [4.78, 5) is 12.9. The monoisotopic (exact) mass is 397 g/mol. The summed E-state index contributed by atoms with van der Waals surface area (Å²) in [5.74, 6) is 0.860. The lowest BCUT2D eigenvalue weighted by atomic mass is 9.96. The van der Waals surface area contributed by atoms with E-state index in [0.29, 0.717) is 10.3 Å². The average molecular weight is 398 g/mol. The number of nitrogen functional groups attached to an aromatic ring is 1. The van der Waals surface area contributed by atoms with Gasteiger partial charge < -0.3 is 10.5 Å². The van der Waals surface area contributed by atoms with Gasteiger partial charge in [0.05, 0.1) is 12.8 Å². The van der Waals surface area contributed by atoms with E-state index in [4.69, 9.17) is 22.7 Å². The highest BCUT2D eigenvalue weighted by Crippen LogP contribution is 2.19. The predicted octanol–water partition coefficient (Wildman–Crippen LogP) is 3.69. The van der Waals surface area contributed by atoms with Gasteiger partial charge in [0.2, 0.25) is 10.7 Å². The smallest absolute Gasteiger partial charge is 0.240 e. The molecule has 1 aromatic heterocycles. The third kappa shape index (κ3) is 3.91. The second-order valence-electron chi connectivity index (χ2n) is 6.67. The average Bonchev–Trinajstić information content (AvgIpc) is 2.89. The zero-order valence-corrected chi connectivity index (χ0v) is 17.1. The molecule has 7 nitrogen and oxygen atoms in total. The maximum atomic E-state index is 12.9. The first-order valence-electron chi connectivity index (χ1n) is 8.77. The number of methoxy groups -OCH3 is 1. The third-order valence-corrected chi connectivity index (χ3v) is 4.84. The summed E-state index contributed by atoms with van der Waals surface area (Å²) in [6.07, 6.45) is 0. The molecule has 3 N–H and O–H groups in total. The molecule has 0 atom stereocenters. The number of aromatic nitrogens is 3. The molecule has 0 unspecified atom stereocenters. The van der Waals surface area contributed by atoms with Crippen molar-refractivity contribution in [1.82, 2.24) is 14.5 Å². The largest absolute Gasteiger partial charge is 0.497 e. The van der Waals surface area contributed by atoms with Crippen LogP contribution in [0.2, 0.25) is 0 Å². The topological polar surface area (TPSA) is 87.1 Å². The van der Waals surface area contributed by atoms with Crippen LogP contribution in [0, 0.1) is 25.5 Å². The normalized spacial score (nSPS) is 10.7. The summed E-state index contributed by atoms with van der Waals surface area (Å²) in [6.45, 7) is 5.90. The van der Waals surface area contributed by atoms with Gasteiger partial charge in [-0.15, -0.1) is 5.10 Å². The second-order valence-corrected chi connectivity index (χ2v) is 7.04. The van der Waals surface area contributed by atoms with Gasteiger partial charge in [-0.2, -0.15) is 4.68 Å². The minimum atomic E-state index is -0.0554. The van der Waals surface area contributed by atoms with E-state index >= 15 is 0 Å². The lowest BCUT2D eigenvalue weighted by Crippen LogP contribution is -2.16. The summed E-state index contributed by atoms with van der Waals surface area (Å²) in [7, 11) is 1.61. The number of hydrogen-bond acceptors (Lipinski definition) is 6. The molecule has 0 amide bonds. The molecule has 0 aliphatic heterocycles. The summed E-state index contributed by atoms with van der Waals surface area (Å²) >= 11 is 5.46. The van der Waals surface area contributed by atoms with E-state index in [1.165, 1.54) is 9.36 Å². The van der Waals surface area contributed by atoms with Crippen molar-refractivity contribution in [3.8, 4) is 5.75 Å². The van der Waals surface area contributed by atoms with E-state index in [1.54, 1.807) is 7.11 Å². The third-order valence-electron chi connectivity index (χ3n) is 4.44. The number of ketones is 1. The van der Waals surface area contributed by atoms with Crippen molar-refractivity contribution in [2.75, 3.05) is 18.3 Å². The molecule has 0 aliphatic rings. The Morgan fingerprint density at radius 2 is 1.79 bits per heavy atom. The molecule has 0 aliphatic carbocycles. The van der Waals surface area contributed by atoms with E-state index < -0.39 is 0 Å². The Kier molecular flexibility index (Phi) is 5.51. The van der Waals surface area contributed by atoms with E-state index in [-0.39, 0.29) is 18.3 Å².